The van der Waals surface area contributed by atoms with Gasteiger partial charge in [-0.3, -0.25) is 0 Å². The van der Waals surface area contributed by atoms with E-state index in [1.54, 1.807) is 11.8 Å². The van der Waals surface area contributed by atoms with E-state index in [1.807, 2.05) is 19.3 Å². The Morgan fingerprint density at radius 2 is 2.29 bits per heavy atom. The molecular formula is C6H10S. The predicted octanol–water partition coefficient (Wildman–Crippen LogP) is 2.44. The zero-order chi connectivity index (χ0) is 5.70. The van der Waals surface area contributed by atoms with Crippen molar-refractivity contribution in [3.63, 3.8) is 0 Å². The van der Waals surface area contributed by atoms with E-state index in [0.29, 0.717) is 0 Å². The third-order valence-corrected chi connectivity index (χ3v) is 1.23. The SMILES string of the molecule is C=CC(C)=CSC. The van der Waals surface area contributed by atoms with Crippen LogP contribution in [0.15, 0.2) is 23.6 Å². The molecule has 0 radical (unpaired) electrons. The number of hydrogen-bond donors (Lipinski definition) is 0. The fraction of sp³-hybridized carbons (Fsp3) is 0.333. The molecule has 7 heavy (non-hydrogen) atoms. The van der Waals surface area contributed by atoms with E-state index in [2.05, 4.69) is 12.0 Å². The highest BCUT2D eigenvalue weighted by Crippen LogP contribution is 2.01. The maximum absolute atomic E-state index is 3.60. The minimum Gasteiger partial charge on any atom is -0.137 e. The summed E-state index contributed by atoms with van der Waals surface area (Å²) in [6, 6.07) is 0. The Bertz CT molecular complexity index is 82.2. The fourth-order valence-corrected chi connectivity index (χ4v) is 0.702. The predicted molar refractivity (Wildman–Crippen MR) is 37.5 cm³/mol. The van der Waals surface area contributed by atoms with Crippen LogP contribution in [-0.2, 0) is 0 Å². The van der Waals surface area contributed by atoms with Crippen molar-refractivity contribution in [2.24, 2.45) is 0 Å². The van der Waals surface area contributed by atoms with Crippen molar-refractivity contribution < 1.29 is 0 Å². The van der Waals surface area contributed by atoms with Gasteiger partial charge in [0.25, 0.3) is 0 Å². The molecule has 0 nitrogen and oxygen atoms in total. The van der Waals surface area contributed by atoms with Gasteiger partial charge in [0.1, 0.15) is 0 Å². The summed E-state index contributed by atoms with van der Waals surface area (Å²) >= 11 is 1.70. The third kappa shape index (κ3) is 3.67. The van der Waals surface area contributed by atoms with Gasteiger partial charge in [-0.1, -0.05) is 12.7 Å². The van der Waals surface area contributed by atoms with Crippen LogP contribution in [0.2, 0.25) is 0 Å². The van der Waals surface area contributed by atoms with E-state index in [0.717, 1.165) is 0 Å². The summed E-state index contributed by atoms with van der Waals surface area (Å²) in [5, 5.41) is 2.06. The average Bonchev–Trinajstić information content (AvgIpc) is 1.68. The first kappa shape index (κ1) is 6.83. The molecule has 0 aromatic heterocycles. The number of rotatable bonds is 2. The molecule has 0 fully saturated rings. The summed E-state index contributed by atoms with van der Waals surface area (Å²) in [6.45, 7) is 5.63. The first-order chi connectivity index (χ1) is 3.31. The quantitative estimate of drug-likeness (QED) is 0.497. The topological polar surface area (TPSA) is 0 Å². The van der Waals surface area contributed by atoms with E-state index >= 15 is 0 Å². The van der Waals surface area contributed by atoms with Crippen molar-refractivity contribution in [2.45, 2.75) is 6.92 Å². The molecule has 0 bridgehead atoms. The molecule has 0 aliphatic heterocycles. The minimum atomic E-state index is 1.23. The largest absolute Gasteiger partial charge is 0.137 e. The van der Waals surface area contributed by atoms with Crippen molar-refractivity contribution >= 4 is 11.8 Å². The molecule has 0 saturated carbocycles. The van der Waals surface area contributed by atoms with Gasteiger partial charge in [-0.15, -0.1) is 11.8 Å². The third-order valence-electron chi connectivity index (χ3n) is 0.626. The fourth-order valence-electron chi connectivity index (χ4n) is 0.234. The van der Waals surface area contributed by atoms with Crippen LogP contribution in [0.25, 0.3) is 0 Å². The lowest BCUT2D eigenvalue weighted by Gasteiger charge is -1.83. The van der Waals surface area contributed by atoms with Crippen molar-refractivity contribution in [3.05, 3.63) is 23.6 Å². The smallest absolute Gasteiger partial charge is 0.0142 e. The summed E-state index contributed by atoms with van der Waals surface area (Å²) in [5.41, 5.74) is 1.23. The highest BCUT2D eigenvalue weighted by atomic mass is 32.2. The Morgan fingerprint density at radius 3 is 2.43 bits per heavy atom. The molecule has 0 amide bonds. The number of thioether (sulfide) groups is 1. The highest BCUT2D eigenvalue weighted by molar-refractivity contribution is 8.01. The Morgan fingerprint density at radius 1 is 1.71 bits per heavy atom. The second-order valence-corrected chi connectivity index (χ2v) is 2.01. The van der Waals surface area contributed by atoms with E-state index in [4.69, 9.17) is 0 Å². The monoisotopic (exact) mass is 114 g/mol. The van der Waals surface area contributed by atoms with Gasteiger partial charge in [-0.25, -0.2) is 0 Å². The van der Waals surface area contributed by atoms with Gasteiger partial charge < -0.3 is 0 Å². The molecule has 1 heteroatoms. The van der Waals surface area contributed by atoms with Gasteiger partial charge in [-0.05, 0) is 24.2 Å². The maximum atomic E-state index is 3.60. The molecule has 0 aromatic rings. The first-order valence-corrected chi connectivity index (χ1v) is 3.42. The van der Waals surface area contributed by atoms with E-state index in [1.165, 1.54) is 5.57 Å². The van der Waals surface area contributed by atoms with Crippen molar-refractivity contribution in [1.82, 2.24) is 0 Å². The van der Waals surface area contributed by atoms with E-state index in [-0.39, 0.29) is 0 Å². The zero-order valence-corrected chi connectivity index (χ0v) is 5.59. The van der Waals surface area contributed by atoms with Gasteiger partial charge in [0.2, 0.25) is 0 Å². The molecule has 0 N–H and O–H groups in total. The maximum Gasteiger partial charge on any atom is -0.0142 e. The number of hydrogen-bond acceptors (Lipinski definition) is 1. The summed E-state index contributed by atoms with van der Waals surface area (Å²) in [6.07, 6.45) is 3.88. The van der Waals surface area contributed by atoms with Gasteiger partial charge >= 0.3 is 0 Å². The second-order valence-electron chi connectivity index (χ2n) is 1.30. The normalized spacial score (nSPS) is 11.4. The van der Waals surface area contributed by atoms with E-state index in [9.17, 15) is 0 Å². The molecule has 0 aromatic carbocycles. The van der Waals surface area contributed by atoms with Gasteiger partial charge in [0.05, 0.1) is 0 Å². The Kier molecular flexibility index (Phi) is 3.90. The van der Waals surface area contributed by atoms with Crippen molar-refractivity contribution in [1.29, 1.82) is 0 Å². The standard InChI is InChI=1S/C6H10S/c1-4-6(2)5-7-3/h4-5H,1H2,2-3H3. The minimum absolute atomic E-state index is 1.23. The lowest BCUT2D eigenvalue weighted by molar-refractivity contribution is 1.57. The number of allylic oxidation sites excluding steroid dienone is 2. The molecule has 40 valence electrons. The van der Waals surface area contributed by atoms with Crippen LogP contribution in [0.1, 0.15) is 6.92 Å². The average molecular weight is 114 g/mol. The molecule has 0 spiro atoms. The zero-order valence-electron chi connectivity index (χ0n) is 4.77. The Balaban J connectivity index is 3.49. The van der Waals surface area contributed by atoms with Gasteiger partial charge in [0.15, 0.2) is 0 Å². The van der Waals surface area contributed by atoms with Crippen LogP contribution < -0.4 is 0 Å². The molecule has 0 atom stereocenters. The van der Waals surface area contributed by atoms with Gasteiger partial charge in [-0.2, -0.15) is 0 Å². The van der Waals surface area contributed by atoms with Gasteiger partial charge in [0, 0.05) is 0 Å². The molecule has 0 heterocycles. The molecule has 0 unspecified atom stereocenters. The molecule has 0 aliphatic rings. The lowest BCUT2D eigenvalue weighted by Crippen LogP contribution is -1.58. The highest BCUT2D eigenvalue weighted by Gasteiger charge is 1.72. The van der Waals surface area contributed by atoms with Crippen LogP contribution in [0.3, 0.4) is 0 Å². The van der Waals surface area contributed by atoms with Crippen LogP contribution in [-0.4, -0.2) is 6.26 Å². The van der Waals surface area contributed by atoms with Crippen LogP contribution in [0.4, 0.5) is 0 Å². The molecule has 0 saturated heterocycles. The summed E-state index contributed by atoms with van der Waals surface area (Å²) in [7, 11) is 0. The molecule has 0 aliphatic carbocycles. The molecule has 0 rings (SSSR count). The summed E-state index contributed by atoms with van der Waals surface area (Å²) < 4.78 is 0. The Hall–Kier alpha value is -0.170. The lowest BCUT2D eigenvalue weighted by atomic mass is 10.4. The second kappa shape index (κ2) is 4.00. The van der Waals surface area contributed by atoms with Crippen molar-refractivity contribution in [2.75, 3.05) is 6.26 Å². The van der Waals surface area contributed by atoms with E-state index < -0.39 is 0 Å². The summed E-state index contributed by atoms with van der Waals surface area (Å²) in [5.74, 6) is 0. The Labute approximate surface area is 49.3 Å². The molecular weight excluding hydrogens is 104 g/mol. The first-order valence-electron chi connectivity index (χ1n) is 2.13. The summed E-state index contributed by atoms with van der Waals surface area (Å²) in [4.78, 5) is 0. The van der Waals surface area contributed by atoms with Crippen LogP contribution in [0, 0.1) is 0 Å². The van der Waals surface area contributed by atoms with Crippen LogP contribution in [0.5, 0.6) is 0 Å². The van der Waals surface area contributed by atoms with Crippen LogP contribution >= 0.6 is 11.8 Å². The van der Waals surface area contributed by atoms with Crippen molar-refractivity contribution in [3.8, 4) is 0 Å².